The number of rotatable bonds is 6. The predicted molar refractivity (Wildman–Crippen MR) is 128 cm³/mol. The van der Waals surface area contributed by atoms with Crippen molar-refractivity contribution < 1.29 is 29.2 Å². The van der Waals surface area contributed by atoms with Crippen molar-refractivity contribution in [3.63, 3.8) is 0 Å². The molecule has 1 unspecified atom stereocenters. The Balaban J connectivity index is 1.98. The first-order valence-corrected chi connectivity index (χ1v) is 11.0. The third-order valence-corrected chi connectivity index (χ3v) is 5.83. The number of nitro benzene ring substituents is 1. The number of nitrogens with zero attached hydrogens (tertiary/aromatic N) is 3. The van der Waals surface area contributed by atoms with Crippen LogP contribution in [0.3, 0.4) is 0 Å². The van der Waals surface area contributed by atoms with Crippen molar-refractivity contribution in [1.82, 2.24) is 9.80 Å². The highest BCUT2D eigenvalue weighted by molar-refractivity contribution is 5.96. The summed E-state index contributed by atoms with van der Waals surface area (Å²) in [7, 11) is 1.20. The zero-order valence-corrected chi connectivity index (χ0v) is 19.6. The summed E-state index contributed by atoms with van der Waals surface area (Å²) in [5, 5.41) is 21.4. The number of methoxy groups -OCH3 is 1. The van der Waals surface area contributed by atoms with E-state index in [4.69, 9.17) is 0 Å². The second-order valence-corrected chi connectivity index (χ2v) is 8.29. The quantitative estimate of drug-likeness (QED) is 0.380. The van der Waals surface area contributed by atoms with Gasteiger partial charge < -0.3 is 19.6 Å². The zero-order chi connectivity index (χ0) is 25.7. The number of hydrogen-bond acceptors (Lipinski definition) is 6. The molecule has 1 N–H and O–H groups in total. The maximum absolute atomic E-state index is 13.0. The molecule has 0 bridgehead atoms. The van der Waals surface area contributed by atoms with Gasteiger partial charge in [0.05, 0.1) is 30.2 Å². The normalized spacial score (nSPS) is 15.9. The number of nitro groups is 1. The highest BCUT2D eigenvalue weighted by Crippen LogP contribution is 2.38. The Morgan fingerprint density at radius 2 is 1.94 bits per heavy atom. The van der Waals surface area contributed by atoms with Gasteiger partial charge in [0.1, 0.15) is 6.04 Å². The van der Waals surface area contributed by atoms with Gasteiger partial charge in [-0.05, 0) is 34.8 Å². The van der Waals surface area contributed by atoms with Crippen LogP contribution in [-0.2, 0) is 14.3 Å². The average molecular weight is 480 g/mol. The molecule has 2 aromatic carbocycles. The molecule has 0 saturated carbocycles. The van der Waals surface area contributed by atoms with Gasteiger partial charge in [-0.25, -0.2) is 9.59 Å². The Morgan fingerprint density at radius 1 is 1.23 bits per heavy atom. The number of carbonyl (C=O) groups excluding carboxylic acids is 2. The molecule has 1 aliphatic heterocycles. The molecule has 1 heterocycles. The molecular formula is C25H26N3O7. The molecule has 2 amide bonds. The minimum atomic E-state index is -1.25. The third kappa shape index (κ3) is 5.48. The number of hydrogen-bond donors (Lipinski definition) is 1. The molecule has 2 aromatic rings. The van der Waals surface area contributed by atoms with E-state index in [9.17, 15) is 29.6 Å². The standard InChI is InChI=1S/C25H26N3O7/c1-16(2)18-8-4-5-9-19(18)23-17(7-6-10-20(23)28(33)34)11-12-22(29)27-14-13-26(25(32)35-3)15-21(27)24(30)31/h4-9,11-12,16,21H,13-15H2,1-3H3,(H,30,31)/b12-11+. The maximum atomic E-state index is 13.0. The lowest BCUT2D eigenvalue weighted by Crippen LogP contribution is -2.59. The third-order valence-electron chi connectivity index (χ3n) is 5.83. The molecule has 3 rings (SSSR count). The monoisotopic (exact) mass is 480 g/mol. The fraction of sp³-hybridized carbons (Fsp3) is 0.320. The lowest BCUT2D eigenvalue weighted by molar-refractivity contribution is -0.384. The molecule has 1 aliphatic rings. The molecule has 35 heavy (non-hydrogen) atoms. The largest absolute Gasteiger partial charge is 0.480 e. The topological polar surface area (TPSA) is 130 Å². The zero-order valence-electron chi connectivity index (χ0n) is 19.6. The molecule has 10 nitrogen and oxygen atoms in total. The van der Waals surface area contributed by atoms with Crippen molar-refractivity contribution in [1.29, 1.82) is 0 Å². The Labute approximate surface area is 202 Å². The molecule has 1 atom stereocenters. The van der Waals surface area contributed by atoms with E-state index in [1.165, 1.54) is 30.2 Å². The molecule has 1 fully saturated rings. The van der Waals surface area contributed by atoms with Gasteiger partial charge >= 0.3 is 12.1 Å². The minimum Gasteiger partial charge on any atom is -0.480 e. The van der Waals surface area contributed by atoms with Gasteiger partial charge in [-0.1, -0.05) is 44.2 Å². The lowest BCUT2D eigenvalue weighted by atomic mass is 9.89. The van der Waals surface area contributed by atoms with Crippen LogP contribution in [0, 0.1) is 16.2 Å². The molecule has 0 spiro atoms. The van der Waals surface area contributed by atoms with Crippen LogP contribution in [-0.4, -0.2) is 70.6 Å². The van der Waals surface area contributed by atoms with E-state index >= 15 is 0 Å². The number of aliphatic carboxylic acids is 1. The van der Waals surface area contributed by atoms with Crippen LogP contribution >= 0.6 is 0 Å². The molecule has 1 radical (unpaired) electrons. The van der Waals surface area contributed by atoms with Gasteiger partial charge in [0, 0.05) is 19.2 Å². The first-order chi connectivity index (χ1) is 16.6. The highest BCUT2D eigenvalue weighted by atomic mass is 16.6. The van der Waals surface area contributed by atoms with E-state index in [0.717, 1.165) is 10.5 Å². The van der Waals surface area contributed by atoms with E-state index in [-0.39, 0.29) is 31.2 Å². The number of carbonyl (C=O) groups is 3. The van der Waals surface area contributed by atoms with Gasteiger partial charge in [-0.15, -0.1) is 0 Å². The van der Waals surface area contributed by atoms with Gasteiger partial charge in [0.25, 0.3) is 5.69 Å². The van der Waals surface area contributed by atoms with Crippen molar-refractivity contribution in [2.75, 3.05) is 26.7 Å². The van der Waals surface area contributed by atoms with E-state index in [2.05, 4.69) is 10.8 Å². The second-order valence-electron chi connectivity index (χ2n) is 8.29. The average Bonchev–Trinajstić information content (AvgIpc) is 2.85. The number of piperazine rings is 1. The van der Waals surface area contributed by atoms with Crippen molar-refractivity contribution in [2.24, 2.45) is 0 Å². The van der Waals surface area contributed by atoms with Crippen LogP contribution in [0.2, 0.25) is 0 Å². The minimum absolute atomic E-state index is 0.000987. The van der Waals surface area contributed by atoms with E-state index < -0.39 is 28.9 Å². The molecule has 183 valence electrons. The number of benzene rings is 2. The first kappa shape index (κ1) is 25.4. The lowest BCUT2D eigenvalue weighted by Gasteiger charge is -2.38. The van der Waals surface area contributed by atoms with Crippen molar-refractivity contribution in [3.8, 4) is 11.1 Å². The van der Waals surface area contributed by atoms with Gasteiger partial charge in [-0.2, -0.15) is 0 Å². The van der Waals surface area contributed by atoms with E-state index in [0.29, 0.717) is 16.7 Å². The van der Waals surface area contributed by atoms with Gasteiger partial charge in [-0.3, -0.25) is 14.9 Å². The predicted octanol–water partition coefficient (Wildman–Crippen LogP) is 3.56. The molecular weight excluding hydrogens is 454 g/mol. The summed E-state index contributed by atoms with van der Waals surface area (Å²) in [6, 6.07) is 11.8. The fourth-order valence-electron chi connectivity index (χ4n) is 4.11. The molecule has 1 saturated heterocycles. The van der Waals surface area contributed by atoms with Crippen LogP contribution < -0.4 is 0 Å². The summed E-state index contributed by atoms with van der Waals surface area (Å²) in [5.41, 5.74) is 2.10. The van der Waals surface area contributed by atoms with Crippen molar-refractivity contribution in [2.45, 2.75) is 25.8 Å². The SMILES string of the molecule is COC(=O)N1CCN(C(=O)/C=C/c2cc[c]c([N+](=O)[O-])c2-c2ccccc2C(C)C)C(C(=O)O)C1. The van der Waals surface area contributed by atoms with Crippen LogP contribution in [0.25, 0.3) is 17.2 Å². The smallest absolute Gasteiger partial charge is 0.409 e. The first-order valence-electron chi connectivity index (χ1n) is 11.0. The van der Waals surface area contributed by atoms with Gasteiger partial charge in [0.2, 0.25) is 5.91 Å². The summed E-state index contributed by atoms with van der Waals surface area (Å²) >= 11 is 0. The Hall–Kier alpha value is -4.21. The Kier molecular flexibility index (Phi) is 7.85. The summed E-state index contributed by atoms with van der Waals surface area (Å²) in [4.78, 5) is 50.2. The summed E-state index contributed by atoms with van der Waals surface area (Å²) in [5.74, 6) is -1.75. The van der Waals surface area contributed by atoms with E-state index in [1.807, 2.05) is 26.0 Å². The number of amides is 2. The second kappa shape index (κ2) is 10.8. The number of ether oxygens (including phenoxy) is 1. The molecule has 10 heteroatoms. The Bertz CT molecular complexity index is 1180. The molecule has 0 aromatic heterocycles. The molecule has 0 aliphatic carbocycles. The fourth-order valence-corrected chi connectivity index (χ4v) is 4.11. The summed E-state index contributed by atoms with van der Waals surface area (Å²) < 4.78 is 4.65. The number of carboxylic acid groups (broad SMARTS) is 1. The van der Waals surface area contributed by atoms with Crippen LogP contribution in [0.5, 0.6) is 0 Å². The van der Waals surface area contributed by atoms with Gasteiger partial charge in [0.15, 0.2) is 0 Å². The van der Waals surface area contributed by atoms with Crippen molar-refractivity contribution >= 4 is 29.7 Å². The summed E-state index contributed by atoms with van der Waals surface area (Å²) in [6.45, 7) is 3.88. The van der Waals surface area contributed by atoms with E-state index in [1.54, 1.807) is 18.2 Å². The van der Waals surface area contributed by atoms with Crippen LogP contribution in [0.4, 0.5) is 10.5 Å². The van der Waals surface area contributed by atoms with Crippen LogP contribution in [0.15, 0.2) is 42.5 Å². The maximum Gasteiger partial charge on any atom is 0.409 e. The van der Waals surface area contributed by atoms with Crippen molar-refractivity contribution in [3.05, 3.63) is 69.8 Å². The highest BCUT2D eigenvalue weighted by Gasteiger charge is 2.36. The van der Waals surface area contributed by atoms with Crippen LogP contribution in [0.1, 0.15) is 30.9 Å². The Morgan fingerprint density at radius 3 is 2.57 bits per heavy atom. The summed E-state index contributed by atoms with van der Waals surface area (Å²) in [6.07, 6.45) is 1.98. The number of carboxylic acids is 1.